The molecule has 0 aliphatic carbocycles. The van der Waals surface area contributed by atoms with Gasteiger partial charge in [-0.2, -0.15) is 5.10 Å². The summed E-state index contributed by atoms with van der Waals surface area (Å²) in [6.45, 7) is 2.74. The fourth-order valence-corrected chi connectivity index (χ4v) is 3.67. The minimum atomic E-state index is -0.932. The molecule has 2 amide bonds. The molecule has 2 N–H and O–H groups in total. The average Bonchev–Trinajstić information content (AvgIpc) is 3.14. The summed E-state index contributed by atoms with van der Waals surface area (Å²) in [6, 6.07) is 8.90. The number of H-pyrrole nitrogens is 1. The maximum atomic E-state index is 14.2. The summed E-state index contributed by atoms with van der Waals surface area (Å²) in [7, 11) is 0. The number of fused-ring (bicyclic) bond motifs is 1. The van der Waals surface area contributed by atoms with E-state index in [1.165, 1.54) is 19.1 Å². The molecule has 4 rings (SSSR count). The van der Waals surface area contributed by atoms with Crippen LogP contribution < -0.4 is 5.32 Å². The van der Waals surface area contributed by atoms with Crippen LogP contribution in [0.4, 0.5) is 8.78 Å². The molecule has 0 spiro atoms. The van der Waals surface area contributed by atoms with E-state index in [1.807, 2.05) is 0 Å². The predicted octanol–water partition coefficient (Wildman–Crippen LogP) is 3.25. The van der Waals surface area contributed by atoms with E-state index in [2.05, 4.69) is 15.5 Å². The minimum absolute atomic E-state index is 0.0326. The van der Waals surface area contributed by atoms with Crippen LogP contribution in [0.2, 0.25) is 0 Å². The molecule has 0 saturated carbocycles. The first kappa shape index (κ1) is 19.0. The molecular formula is C21H20F2N4O2. The van der Waals surface area contributed by atoms with Crippen molar-refractivity contribution in [2.24, 2.45) is 0 Å². The van der Waals surface area contributed by atoms with Gasteiger partial charge in [-0.15, -0.1) is 0 Å². The van der Waals surface area contributed by atoms with Crippen molar-refractivity contribution in [3.8, 4) is 11.1 Å². The van der Waals surface area contributed by atoms with Crippen molar-refractivity contribution in [1.82, 2.24) is 20.4 Å². The van der Waals surface area contributed by atoms with Crippen LogP contribution >= 0.6 is 0 Å². The highest BCUT2D eigenvalue weighted by Gasteiger charge is 2.24. The number of halogens is 2. The second kappa shape index (κ2) is 7.62. The van der Waals surface area contributed by atoms with Gasteiger partial charge in [-0.05, 0) is 36.6 Å². The van der Waals surface area contributed by atoms with Crippen LogP contribution in [0.5, 0.6) is 0 Å². The molecule has 6 nitrogen and oxygen atoms in total. The Morgan fingerprint density at radius 2 is 1.93 bits per heavy atom. The lowest BCUT2D eigenvalue weighted by Gasteiger charge is -2.31. The van der Waals surface area contributed by atoms with Crippen LogP contribution in [-0.2, 0) is 4.79 Å². The lowest BCUT2D eigenvalue weighted by molar-refractivity contribution is -0.129. The second-order valence-corrected chi connectivity index (χ2v) is 7.19. The van der Waals surface area contributed by atoms with Gasteiger partial charge < -0.3 is 10.2 Å². The van der Waals surface area contributed by atoms with Crippen LogP contribution in [-0.4, -0.2) is 46.0 Å². The van der Waals surface area contributed by atoms with Crippen molar-refractivity contribution >= 4 is 22.7 Å². The van der Waals surface area contributed by atoms with Crippen LogP contribution in [0.1, 0.15) is 30.3 Å². The summed E-state index contributed by atoms with van der Waals surface area (Å²) >= 11 is 0. The van der Waals surface area contributed by atoms with E-state index in [0.717, 1.165) is 6.07 Å². The third kappa shape index (κ3) is 3.70. The number of hydrogen-bond donors (Lipinski definition) is 2. The van der Waals surface area contributed by atoms with Crippen molar-refractivity contribution in [2.75, 3.05) is 13.1 Å². The highest BCUT2D eigenvalue weighted by atomic mass is 19.2. The second-order valence-electron chi connectivity index (χ2n) is 7.19. The number of aromatic nitrogens is 2. The molecule has 2 heterocycles. The first-order valence-electron chi connectivity index (χ1n) is 9.43. The number of rotatable bonds is 3. The van der Waals surface area contributed by atoms with Gasteiger partial charge in [0.1, 0.15) is 0 Å². The van der Waals surface area contributed by atoms with E-state index >= 15 is 0 Å². The molecule has 1 aliphatic rings. The Morgan fingerprint density at radius 1 is 1.17 bits per heavy atom. The van der Waals surface area contributed by atoms with Gasteiger partial charge in [0.15, 0.2) is 17.3 Å². The van der Waals surface area contributed by atoms with Crippen LogP contribution in [0.3, 0.4) is 0 Å². The zero-order valence-corrected chi connectivity index (χ0v) is 15.8. The quantitative estimate of drug-likeness (QED) is 0.711. The summed E-state index contributed by atoms with van der Waals surface area (Å²) in [4.78, 5) is 25.9. The number of piperidine rings is 1. The van der Waals surface area contributed by atoms with Gasteiger partial charge >= 0.3 is 0 Å². The van der Waals surface area contributed by atoms with Gasteiger partial charge in [-0.3, -0.25) is 14.7 Å². The summed E-state index contributed by atoms with van der Waals surface area (Å²) < 4.78 is 27.7. The van der Waals surface area contributed by atoms with Crippen molar-refractivity contribution in [3.63, 3.8) is 0 Å². The SMILES string of the molecule is CC(=O)N1CCC(NC(=O)c2n[nH]c3ccc(-c4cccc(F)c4F)cc23)CC1. The first-order chi connectivity index (χ1) is 13.9. The highest BCUT2D eigenvalue weighted by molar-refractivity contribution is 6.05. The highest BCUT2D eigenvalue weighted by Crippen LogP contribution is 2.28. The Bertz CT molecular complexity index is 1090. The van der Waals surface area contributed by atoms with Gasteiger partial charge in [0.05, 0.1) is 5.52 Å². The maximum absolute atomic E-state index is 14.2. The molecule has 29 heavy (non-hydrogen) atoms. The number of nitrogens with one attached hydrogen (secondary N) is 2. The van der Waals surface area contributed by atoms with Gasteiger partial charge in [0, 0.05) is 37.0 Å². The van der Waals surface area contributed by atoms with Gasteiger partial charge in [-0.1, -0.05) is 18.2 Å². The van der Waals surface area contributed by atoms with Crippen molar-refractivity contribution < 1.29 is 18.4 Å². The molecule has 1 aliphatic heterocycles. The van der Waals surface area contributed by atoms with Gasteiger partial charge in [0.2, 0.25) is 5.91 Å². The van der Waals surface area contributed by atoms with E-state index < -0.39 is 11.6 Å². The standard InChI is InChI=1S/C21H20F2N4O2/c1-12(28)27-9-7-14(8-10-27)24-21(29)20-16-11-13(5-6-18(16)25-26-20)15-3-2-4-17(22)19(15)23/h2-6,11,14H,7-10H2,1H3,(H,24,29)(H,25,26). The molecule has 0 unspecified atom stereocenters. The lowest BCUT2D eigenvalue weighted by atomic mass is 10.0. The third-order valence-electron chi connectivity index (χ3n) is 5.32. The Balaban J connectivity index is 1.57. The van der Waals surface area contributed by atoms with Gasteiger partial charge in [-0.25, -0.2) is 8.78 Å². The molecule has 150 valence electrons. The molecule has 1 aromatic heterocycles. The molecule has 8 heteroatoms. The number of likely N-dealkylation sites (tertiary alicyclic amines) is 1. The molecular weight excluding hydrogens is 378 g/mol. The number of amides is 2. The van der Waals surface area contributed by atoms with Crippen molar-refractivity contribution in [2.45, 2.75) is 25.8 Å². The van der Waals surface area contributed by atoms with E-state index in [9.17, 15) is 18.4 Å². The molecule has 3 aromatic rings. The summed E-state index contributed by atoms with van der Waals surface area (Å²) in [5.41, 5.74) is 1.41. The Labute approximate surface area is 165 Å². The number of hydrogen-bond acceptors (Lipinski definition) is 3. The smallest absolute Gasteiger partial charge is 0.272 e. The Kier molecular flexibility index (Phi) is 5.00. The monoisotopic (exact) mass is 398 g/mol. The largest absolute Gasteiger partial charge is 0.348 e. The van der Waals surface area contributed by atoms with Crippen molar-refractivity contribution in [3.05, 3.63) is 53.7 Å². The molecule has 1 saturated heterocycles. The predicted molar refractivity (Wildman–Crippen MR) is 104 cm³/mol. The molecule has 2 aromatic carbocycles. The first-order valence-corrected chi connectivity index (χ1v) is 9.43. The zero-order valence-electron chi connectivity index (χ0n) is 15.8. The van der Waals surface area contributed by atoms with E-state index in [0.29, 0.717) is 42.4 Å². The fourth-order valence-electron chi connectivity index (χ4n) is 3.67. The lowest BCUT2D eigenvalue weighted by Crippen LogP contribution is -2.46. The van der Waals surface area contributed by atoms with E-state index in [4.69, 9.17) is 0 Å². The Morgan fingerprint density at radius 3 is 2.66 bits per heavy atom. The van der Waals surface area contributed by atoms with E-state index in [1.54, 1.807) is 23.1 Å². The molecule has 0 bridgehead atoms. The summed E-state index contributed by atoms with van der Waals surface area (Å²) in [6.07, 6.45) is 1.35. The molecule has 0 radical (unpaired) electrons. The van der Waals surface area contributed by atoms with Crippen LogP contribution in [0.15, 0.2) is 36.4 Å². The third-order valence-corrected chi connectivity index (χ3v) is 5.32. The van der Waals surface area contributed by atoms with Crippen molar-refractivity contribution in [1.29, 1.82) is 0 Å². The average molecular weight is 398 g/mol. The summed E-state index contributed by atoms with van der Waals surface area (Å²) in [5, 5.41) is 10.4. The number of nitrogens with zero attached hydrogens (tertiary/aromatic N) is 2. The Hall–Kier alpha value is -3.29. The number of aromatic amines is 1. The minimum Gasteiger partial charge on any atom is -0.348 e. The number of carbonyl (C=O) groups is 2. The fraction of sp³-hybridized carbons (Fsp3) is 0.286. The summed E-state index contributed by atoms with van der Waals surface area (Å²) in [5.74, 6) is -2.16. The molecule has 1 fully saturated rings. The molecule has 0 atom stereocenters. The van der Waals surface area contributed by atoms with Crippen LogP contribution in [0, 0.1) is 11.6 Å². The van der Waals surface area contributed by atoms with Gasteiger partial charge in [0.25, 0.3) is 5.91 Å². The van der Waals surface area contributed by atoms with Crippen LogP contribution in [0.25, 0.3) is 22.0 Å². The topological polar surface area (TPSA) is 78.1 Å². The number of carbonyl (C=O) groups excluding carboxylic acids is 2. The van der Waals surface area contributed by atoms with E-state index in [-0.39, 0.29) is 29.1 Å². The zero-order chi connectivity index (χ0) is 20.5. The number of benzene rings is 2. The maximum Gasteiger partial charge on any atom is 0.272 e. The normalized spacial score (nSPS) is 14.9.